The molecule has 1 unspecified atom stereocenters. The molecule has 5 nitrogen and oxygen atoms in total. The molecule has 0 bridgehead atoms. The van der Waals surface area contributed by atoms with Gasteiger partial charge in [-0.05, 0) is 46.1 Å². The molecule has 3 heterocycles. The monoisotopic (exact) mass is 272 g/mol. The zero-order valence-corrected chi connectivity index (χ0v) is 12.0. The fourth-order valence-corrected chi connectivity index (χ4v) is 2.79. The Labute approximate surface area is 118 Å². The summed E-state index contributed by atoms with van der Waals surface area (Å²) in [5, 5.41) is 7.46. The second-order valence-electron chi connectivity index (χ2n) is 5.42. The molecule has 5 heteroatoms. The predicted octanol–water partition coefficient (Wildman–Crippen LogP) is 2.43. The van der Waals surface area contributed by atoms with Crippen LogP contribution in [-0.4, -0.2) is 27.7 Å². The van der Waals surface area contributed by atoms with Gasteiger partial charge in [-0.2, -0.15) is 0 Å². The summed E-state index contributed by atoms with van der Waals surface area (Å²) in [6, 6.07) is 0.652. The minimum absolute atomic E-state index is 0.652. The third-order valence-corrected chi connectivity index (χ3v) is 3.91. The van der Waals surface area contributed by atoms with Gasteiger partial charge in [-0.1, -0.05) is 5.16 Å². The van der Waals surface area contributed by atoms with E-state index in [4.69, 9.17) is 4.52 Å². The lowest BCUT2D eigenvalue weighted by Crippen LogP contribution is -2.21. The molecule has 3 rings (SSSR count). The van der Waals surface area contributed by atoms with Gasteiger partial charge in [-0.15, -0.1) is 0 Å². The van der Waals surface area contributed by atoms with E-state index >= 15 is 0 Å². The van der Waals surface area contributed by atoms with Gasteiger partial charge in [0.15, 0.2) is 0 Å². The van der Waals surface area contributed by atoms with Crippen LogP contribution in [-0.2, 0) is 6.42 Å². The average molecular weight is 272 g/mol. The number of aryl methyl sites for hydroxylation is 3. The normalized spacial score (nSPS) is 18.6. The second-order valence-corrected chi connectivity index (χ2v) is 5.42. The SMILES string of the molecule is Cc1noc(C)c1-c1cnc(CCC2CCCN2)cn1. The molecule has 0 spiro atoms. The van der Waals surface area contributed by atoms with Crippen LogP contribution in [0.3, 0.4) is 0 Å². The van der Waals surface area contributed by atoms with E-state index in [1.165, 1.54) is 12.8 Å². The van der Waals surface area contributed by atoms with Crippen LogP contribution in [0.25, 0.3) is 11.3 Å². The first-order valence-electron chi connectivity index (χ1n) is 7.21. The molecule has 20 heavy (non-hydrogen) atoms. The summed E-state index contributed by atoms with van der Waals surface area (Å²) < 4.78 is 5.17. The van der Waals surface area contributed by atoms with Gasteiger partial charge in [0.2, 0.25) is 0 Å². The molecule has 1 fully saturated rings. The van der Waals surface area contributed by atoms with Crippen molar-refractivity contribution < 1.29 is 4.52 Å². The van der Waals surface area contributed by atoms with Crippen LogP contribution in [0, 0.1) is 13.8 Å². The zero-order chi connectivity index (χ0) is 13.9. The van der Waals surface area contributed by atoms with E-state index in [-0.39, 0.29) is 0 Å². The third-order valence-electron chi connectivity index (χ3n) is 3.91. The highest BCUT2D eigenvalue weighted by Crippen LogP contribution is 2.24. The van der Waals surface area contributed by atoms with Gasteiger partial charge < -0.3 is 9.84 Å². The van der Waals surface area contributed by atoms with Crippen LogP contribution in [0.5, 0.6) is 0 Å². The van der Waals surface area contributed by atoms with Crippen molar-refractivity contribution in [1.82, 2.24) is 20.4 Å². The summed E-state index contributed by atoms with van der Waals surface area (Å²) in [5.41, 5.74) is 3.71. The maximum atomic E-state index is 5.17. The van der Waals surface area contributed by atoms with E-state index < -0.39 is 0 Å². The summed E-state index contributed by atoms with van der Waals surface area (Å²) in [7, 11) is 0. The Balaban J connectivity index is 1.68. The molecule has 2 aromatic rings. The Bertz CT molecular complexity index is 551. The maximum absolute atomic E-state index is 5.17. The zero-order valence-electron chi connectivity index (χ0n) is 12.0. The smallest absolute Gasteiger partial charge is 0.143 e. The topological polar surface area (TPSA) is 63.8 Å². The third kappa shape index (κ3) is 2.72. The minimum atomic E-state index is 0.652. The van der Waals surface area contributed by atoms with Crippen LogP contribution in [0.4, 0.5) is 0 Å². The molecular formula is C15H20N4O. The molecule has 1 saturated heterocycles. The fourth-order valence-electron chi connectivity index (χ4n) is 2.79. The molecule has 0 aromatic carbocycles. The van der Waals surface area contributed by atoms with E-state index in [2.05, 4.69) is 20.4 Å². The number of hydrogen-bond donors (Lipinski definition) is 1. The van der Waals surface area contributed by atoms with Gasteiger partial charge >= 0.3 is 0 Å². The van der Waals surface area contributed by atoms with Crippen molar-refractivity contribution in [2.24, 2.45) is 0 Å². The number of rotatable bonds is 4. The van der Waals surface area contributed by atoms with Crippen LogP contribution >= 0.6 is 0 Å². The number of aromatic nitrogens is 3. The van der Waals surface area contributed by atoms with Crippen LogP contribution < -0.4 is 5.32 Å². The highest BCUT2D eigenvalue weighted by atomic mass is 16.5. The van der Waals surface area contributed by atoms with Crippen molar-refractivity contribution in [1.29, 1.82) is 0 Å². The predicted molar refractivity (Wildman–Crippen MR) is 76.3 cm³/mol. The van der Waals surface area contributed by atoms with E-state index in [0.29, 0.717) is 6.04 Å². The summed E-state index contributed by atoms with van der Waals surface area (Å²) in [4.78, 5) is 9.02. The summed E-state index contributed by atoms with van der Waals surface area (Å²) >= 11 is 0. The molecule has 106 valence electrons. The van der Waals surface area contributed by atoms with Gasteiger partial charge in [-0.25, -0.2) is 0 Å². The van der Waals surface area contributed by atoms with Crippen LogP contribution in [0.1, 0.15) is 36.4 Å². The standard InChI is InChI=1S/C15H20N4O/c1-10-15(11(2)20-19-10)14-9-17-13(8-18-14)6-5-12-4-3-7-16-12/h8-9,12,16H,3-7H2,1-2H3. The molecule has 1 N–H and O–H groups in total. The van der Waals surface area contributed by atoms with E-state index in [1.54, 1.807) is 0 Å². The van der Waals surface area contributed by atoms with Gasteiger partial charge in [0.05, 0.1) is 28.8 Å². The van der Waals surface area contributed by atoms with Crippen molar-refractivity contribution in [2.75, 3.05) is 6.54 Å². The van der Waals surface area contributed by atoms with Crippen molar-refractivity contribution in [3.63, 3.8) is 0 Å². The first-order chi connectivity index (χ1) is 9.74. The molecule has 0 aliphatic carbocycles. The molecule has 2 aromatic heterocycles. The van der Waals surface area contributed by atoms with Crippen LogP contribution in [0.2, 0.25) is 0 Å². The molecule has 1 aliphatic heterocycles. The Morgan fingerprint density at radius 2 is 2.20 bits per heavy atom. The van der Waals surface area contributed by atoms with Gasteiger partial charge in [0.1, 0.15) is 5.76 Å². The van der Waals surface area contributed by atoms with Crippen LogP contribution in [0.15, 0.2) is 16.9 Å². The van der Waals surface area contributed by atoms with E-state index in [9.17, 15) is 0 Å². The molecule has 0 amide bonds. The van der Waals surface area contributed by atoms with E-state index in [1.807, 2.05) is 26.2 Å². The lowest BCUT2D eigenvalue weighted by Gasteiger charge is -2.09. The summed E-state index contributed by atoms with van der Waals surface area (Å²) in [5.74, 6) is 0.791. The van der Waals surface area contributed by atoms with Gasteiger partial charge in [0, 0.05) is 12.2 Å². The fraction of sp³-hybridized carbons (Fsp3) is 0.533. The first-order valence-corrected chi connectivity index (χ1v) is 7.21. The highest BCUT2D eigenvalue weighted by Gasteiger charge is 2.15. The second kappa shape index (κ2) is 5.71. The number of hydrogen-bond acceptors (Lipinski definition) is 5. The Morgan fingerprint density at radius 1 is 1.30 bits per heavy atom. The van der Waals surface area contributed by atoms with E-state index in [0.717, 1.165) is 47.8 Å². The Kier molecular flexibility index (Phi) is 3.78. The van der Waals surface area contributed by atoms with Crippen molar-refractivity contribution >= 4 is 0 Å². The number of nitrogens with zero attached hydrogens (tertiary/aromatic N) is 3. The quantitative estimate of drug-likeness (QED) is 0.926. The lowest BCUT2D eigenvalue weighted by molar-refractivity contribution is 0.393. The van der Waals surface area contributed by atoms with Crippen molar-refractivity contribution in [2.45, 2.75) is 45.6 Å². The Hall–Kier alpha value is -1.75. The molecular weight excluding hydrogens is 252 g/mol. The van der Waals surface area contributed by atoms with Gasteiger partial charge in [0.25, 0.3) is 0 Å². The molecule has 1 aliphatic rings. The van der Waals surface area contributed by atoms with Gasteiger partial charge in [-0.3, -0.25) is 9.97 Å². The molecule has 1 atom stereocenters. The molecule has 0 radical (unpaired) electrons. The Morgan fingerprint density at radius 3 is 2.80 bits per heavy atom. The maximum Gasteiger partial charge on any atom is 0.143 e. The summed E-state index contributed by atoms with van der Waals surface area (Å²) in [6.45, 7) is 4.98. The highest BCUT2D eigenvalue weighted by molar-refractivity contribution is 5.62. The minimum Gasteiger partial charge on any atom is -0.361 e. The van der Waals surface area contributed by atoms with Crippen molar-refractivity contribution in [3.05, 3.63) is 29.5 Å². The molecule has 0 saturated carbocycles. The lowest BCUT2D eigenvalue weighted by atomic mass is 10.1. The average Bonchev–Trinajstić information content (AvgIpc) is 3.08. The largest absolute Gasteiger partial charge is 0.361 e. The number of nitrogens with one attached hydrogen (secondary N) is 1. The summed E-state index contributed by atoms with van der Waals surface area (Å²) in [6.07, 6.45) is 8.39. The van der Waals surface area contributed by atoms with Crippen molar-refractivity contribution in [3.8, 4) is 11.3 Å². The first kappa shape index (κ1) is 13.2.